The van der Waals surface area contributed by atoms with Crippen molar-refractivity contribution in [2.45, 2.75) is 31.2 Å². The van der Waals surface area contributed by atoms with E-state index in [1.807, 2.05) is 0 Å². The Hall–Kier alpha value is -0.810. The standard InChI is InChI=1S/C9H11ClN2O2S/c10-6-5-15-8(11-6)12-9(2-1-3-9)4-7(13)14/h5H,1-4H2,(H,11,12)(H,13,14). The Morgan fingerprint density at radius 2 is 2.47 bits per heavy atom. The highest BCUT2D eigenvalue weighted by Crippen LogP contribution is 2.39. The van der Waals surface area contributed by atoms with Crippen LogP contribution in [0.2, 0.25) is 5.15 Å². The van der Waals surface area contributed by atoms with Gasteiger partial charge in [0.05, 0.1) is 6.42 Å². The van der Waals surface area contributed by atoms with E-state index in [0.717, 1.165) is 19.3 Å². The number of hydrogen-bond donors (Lipinski definition) is 2. The first-order chi connectivity index (χ1) is 7.10. The van der Waals surface area contributed by atoms with E-state index >= 15 is 0 Å². The van der Waals surface area contributed by atoms with E-state index in [1.54, 1.807) is 5.38 Å². The van der Waals surface area contributed by atoms with Crippen molar-refractivity contribution in [3.05, 3.63) is 10.5 Å². The van der Waals surface area contributed by atoms with E-state index in [2.05, 4.69) is 10.3 Å². The van der Waals surface area contributed by atoms with Gasteiger partial charge in [-0.3, -0.25) is 4.79 Å². The second-order valence-corrected chi connectivity index (χ2v) is 5.05. The summed E-state index contributed by atoms with van der Waals surface area (Å²) in [7, 11) is 0. The smallest absolute Gasteiger partial charge is 0.305 e. The number of nitrogens with zero attached hydrogens (tertiary/aromatic N) is 1. The lowest BCUT2D eigenvalue weighted by atomic mass is 9.74. The number of aliphatic carboxylic acids is 1. The Labute approximate surface area is 96.3 Å². The van der Waals surface area contributed by atoms with Gasteiger partial charge in [0.1, 0.15) is 5.15 Å². The molecule has 2 N–H and O–H groups in total. The molecule has 1 aliphatic rings. The minimum absolute atomic E-state index is 0.143. The van der Waals surface area contributed by atoms with E-state index < -0.39 is 5.97 Å². The second-order valence-electron chi connectivity index (χ2n) is 3.80. The highest BCUT2D eigenvalue weighted by molar-refractivity contribution is 7.14. The Bertz CT molecular complexity index is 376. The summed E-state index contributed by atoms with van der Waals surface area (Å²) in [6, 6.07) is 0. The number of aromatic nitrogens is 1. The molecule has 0 radical (unpaired) electrons. The highest BCUT2D eigenvalue weighted by atomic mass is 35.5. The summed E-state index contributed by atoms with van der Waals surface area (Å²) in [5, 5.41) is 14.9. The topological polar surface area (TPSA) is 62.2 Å². The first-order valence-electron chi connectivity index (χ1n) is 4.71. The van der Waals surface area contributed by atoms with Crippen molar-refractivity contribution in [3.63, 3.8) is 0 Å². The molecular formula is C9H11ClN2O2S. The summed E-state index contributed by atoms with van der Waals surface area (Å²) in [6.45, 7) is 0. The molecule has 15 heavy (non-hydrogen) atoms. The Morgan fingerprint density at radius 1 is 1.73 bits per heavy atom. The third-order valence-electron chi connectivity index (χ3n) is 2.65. The molecule has 82 valence electrons. The number of carboxylic acids is 1. The van der Waals surface area contributed by atoms with Gasteiger partial charge in [-0.1, -0.05) is 11.6 Å². The number of hydrogen-bond acceptors (Lipinski definition) is 4. The minimum Gasteiger partial charge on any atom is -0.481 e. The quantitative estimate of drug-likeness (QED) is 0.857. The zero-order valence-electron chi connectivity index (χ0n) is 7.99. The van der Waals surface area contributed by atoms with Gasteiger partial charge in [0, 0.05) is 10.9 Å². The van der Waals surface area contributed by atoms with Gasteiger partial charge in [0.2, 0.25) is 0 Å². The molecular weight excluding hydrogens is 236 g/mol. The molecule has 1 aromatic rings. The average molecular weight is 247 g/mol. The van der Waals surface area contributed by atoms with Crippen molar-refractivity contribution >= 4 is 34.0 Å². The lowest BCUT2D eigenvalue weighted by molar-refractivity contribution is -0.138. The van der Waals surface area contributed by atoms with E-state index in [0.29, 0.717) is 10.3 Å². The third kappa shape index (κ3) is 2.41. The molecule has 0 aromatic carbocycles. The number of carbonyl (C=O) groups is 1. The van der Waals surface area contributed by atoms with Crippen LogP contribution in [0.3, 0.4) is 0 Å². The molecule has 4 nitrogen and oxygen atoms in total. The van der Waals surface area contributed by atoms with Gasteiger partial charge in [-0.05, 0) is 19.3 Å². The summed E-state index contributed by atoms with van der Waals surface area (Å²) in [5.74, 6) is -0.773. The summed E-state index contributed by atoms with van der Waals surface area (Å²) < 4.78 is 0. The van der Waals surface area contributed by atoms with Crippen LogP contribution in [0.5, 0.6) is 0 Å². The molecule has 1 fully saturated rings. The van der Waals surface area contributed by atoms with Crippen LogP contribution >= 0.6 is 22.9 Å². The lowest BCUT2D eigenvalue weighted by Crippen LogP contribution is -2.46. The number of carboxylic acid groups (broad SMARTS) is 1. The first-order valence-corrected chi connectivity index (χ1v) is 5.96. The maximum absolute atomic E-state index is 10.7. The number of anilines is 1. The molecule has 1 aromatic heterocycles. The van der Waals surface area contributed by atoms with Gasteiger partial charge in [-0.15, -0.1) is 11.3 Å². The number of thiazole rings is 1. The van der Waals surface area contributed by atoms with Crippen LogP contribution in [0.4, 0.5) is 5.13 Å². The molecule has 1 saturated carbocycles. The Balaban J connectivity index is 2.04. The zero-order valence-corrected chi connectivity index (χ0v) is 9.57. The van der Waals surface area contributed by atoms with E-state index in [9.17, 15) is 4.79 Å². The van der Waals surface area contributed by atoms with Crippen molar-refractivity contribution in [1.29, 1.82) is 0 Å². The molecule has 1 heterocycles. The fraction of sp³-hybridized carbons (Fsp3) is 0.556. The van der Waals surface area contributed by atoms with Gasteiger partial charge in [-0.2, -0.15) is 0 Å². The Morgan fingerprint density at radius 3 is 2.87 bits per heavy atom. The molecule has 0 atom stereocenters. The third-order valence-corrected chi connectivity index (χ3v) is 3.73. The monoisotopic (exact) mass is 246 g/mol. The van der Waals surface area contributed by atoms with Crippen LogP contribution in [0, 0.1) is 0 Å². The first kappa shape index (κ1) is 10.7. The number of rotatable bonds is 4. The number of nitrogens with one attached hydrogen (secondary N) is 1. The summed E-state index contributed by atoms with van der Waals surface area (Å²) in [6.07, 6.45) is 2.98. The van der Waals surface area contributed by atoms with Gasteiger partial charge in [-0.25, -0.2) is 4.98 Å². The highest BCUT2D eigenvalue weighted by Gasteiger charge is 2.39. The molecule has 2 rings (SSSR count). The molecule has 0 saturated heterocycles. The van der Waals surface area contributed by atoms with Crippen LogP contribution < -0.4 is 5.32 Å². The molecule has 0 bridgehead atoms. The maximum atomic E-state index is 10.7. The fourth-order valence-electron chi connectivity index (χ4n) is 1.78. The number of halogens is 1. The van der Waals surface area contributed by atoms with Crippen molar-refractivity contribution in [2.24, 2.45) is 0 Å². The minimum atomic E-state index is -0.773. The fourth-order valence-corrected chi connectivity index (χ4v) is 2.73. The van der Waals surface area contributed by atoms with Crippen LogP contribution in [-0.2, 0) is 4.79 Å². The molecule has 6 heteroatoms. The zero-order chi connectivity index (χ0) is 10.9. The normalized spacial score (nSPS) is 18.2. The molecule has 1 aliphatic carbocycles. The van der Waals surface area contributed by atoms with Crippen molar-refractivity contribution in [3.8, 4) is 0 Å². The lowest BCUT2D eigenvalue weighted by Gasteiger charge is -2.41. The predicted octanol–water partition coefficient (Wildman–Crippen LogP) is 2.61. The Kier molecular flexibility index (Phi) is 2.84. The van der Waals surface area contributed by atoms with Crippen LogP contribution in [0.25, 0.3) is 0 Å². The summed E-state index contributed by atoms with van der Waals surface area (Å²) in [5.41, 5.74) is -0.299. The maximum Gasteiger partial charge on any atom is 0.305 e. The van der Waals surface area contributed by atoms with E-state index in [1.165, 1.54) is 11.3 Å². The second kappa shape index (κ2) is 3.98. The van der Waals surface area contributed by atoms with Crippen LogP contribution in [0.1, 0.15) is 25.7 Å². The van der Waals surface area contributed by atoms with Crippen molar-refractivity contribution in [1.82, 2.24) is 4.98 Å². The van der Waals surface area contributed by atoms with Crippen molar-refractivity contribution < 1.29 is 9.90 Å². The van der Waals surface area contributed by atoms with Crippen molar-refractivity contribution in [2.75, 3.05) is 5.32 Å². The van der Waals surface area contributed by atoms with Gasteiger partial charge >= 0.3 is 5.97 Å². The molecule has 0 amide bonds. The molecule has 0 aliphatic heterocycles. The predicted molar refractivity (Wildman–Crippen MR) is 59.6 cm³/mol. The largest absolute Gasteiger partial charge is 0.481 e. The van der Waals surface area contributed by atoms with Gasteiger partial charge in [0.15, 0.2) is 5.13 Å². The SMILES string of the molecule is O=C(O)CC1(Nc2nc(Cl)cs2)CCC1. The molecule has 0 spiro atoms. The summed E-state index contributed by atoms with van der Waals surface area (Å²) >= 11 is 7.10. The van der Waals surface area contributed by atoms with E-state index in [-0.39, 0.29) is 12.0 Å². The van der Waals surface area contributed by atoms with Gasteiger partial charge < -0.3 is 10.4 Å². The summed E-state index contributed by atoms with van der Waals surface area (Å²) in [4.78, 5) is 14.8. The average Bonchev–Trinajstić information content (AvgIpc) is 2.46. The van der Waals surface area contributed by atoms with E-state index in [4.69, 9.17) is 16.7 Å². The van der Waals surface area contributed by atoms with Gasteiger partial charge in [0.25, 0.3) is 0 Å². The van der Waals surface area contributed by atoms with Crippen LogP contribution in [-0.4, -0.2) is 21.6 Å². The molecule has 0 unspecified atom stereocenters. The van der Waals surface area contributed by atoms with Crippen LogP contribution in [0.15, 0.2) is 5.38 Å².